The third-order valence-corrected chi connectivity index (χ3v) is 5.03. The Morgan fingerprint density at radius 1 is 1.12 bits per heavy atom. The fourth-order valence-electron chi connectivity index (χ4n) is 3.61. The number of likely N-dealkylation sites (tertiary alicyclic amines) is 1. The molecule has 3 aromatic rings. The van der Waals surface area contributed by atoms with E-state index in [4.69, 9.17) is 0 Å². The second-order valence-electron chi connectivity index (χ2n) is 6.73. The largest absolute Gasteiger partial charge is 0.339 e. The van der Waals surface area contributed by atoms with Gasteiger partial charge in [-0.05, 0) is 38.0 Å². The highest BCUT2D eigenvalue weighted by Crippen LogP contribution is 2.24. The number of rotatable bonds is 2. The van der Waals surface area contributed by atoms with Crippen molar-refractivity contribution in [1.29, 1.82) is 0 Å². The van der Waals surface area contributed by atoms with Gasteiger partial charge >= 0.3 is 0 Å². The highest BCUT2D eigenvalue weighted by Gasteiger charge is 2.19. The first-order valence-electron chi connectivity index (χ1n) is 8.91. The maximum Gasteiger partial charge on any atom is 0.253 e. The first-order valence-corrected chi connectivity index (χ1v) is 8.91. The molecule has 1 aromatic carbocycles. The van der Waals surface area contributed by atoms with Gasteiger partial charge in [0, 0.05) is 43.5 Å². The standard InChI is InChI=1S/C19H23N5O/c1-14-20-9-12-24(14)18-16-8-7-15(13-17(16)22(2)21-18)19(25)23-10-5-3-4-6-11-23/h7-9,12-13H,3-6,10-11H2,1-2H3. The molecule has 0 spiro atoms. The number of nitrogens with zero attached hydrogens (tertiary/aromatic N) is 5. The summed E-state index contributed by atoms with van der Waals surface area (Å²) in [6.07, 6.45) is 8.32. The molecule has 1 saturated heterocycles. The van der Waals surface area contributed by atoms with Crippen LogP contribution in [0.2, 0.25) is 0 Å². The molecule has 1 fully saturated rings. The van der Waals surface area contributed by atoms with Crippen LogP contribution >= 0.6 is 0 Å². The third-order valence-electron chi connectivity index (χ3n) is 5.03. The SMILES string of the molecule is Cc1nccn1-c1nn(C)c2cc(C(=O)N3CCCCCC3)ccc12. The zero-order valence-corrected chi connectivity index (χ0v) is 14.8. The maximum atomic E-state index is 12.9. The van der Waals surface area contributed by atoms with Crippen molar-refractivity contribution in [3.8, 4) is 5.82 Å². The number of benzene rings is 1. The average Bonchev–Trinajstić information content (AvgIpc) is 3.05. The normalized spacial score (nSPS) is 15.5. The lowest BCUT2D eigenvalue weighted by Crippen LogP contribution is -2.31. The van der Waals surface area contributed by atoms with Crippen LogP contribution < -0.4 is 0 Å². The van der Waals surface area contributed by atoms with Crippen LogP contribution in [-0.4, -0.2) is 43.2 Å². The molecular formula is C19H23N5O. The van der Waals surface area contributed by atoms with Crippen molar-refractivity contribution < 1.29 is 4.79 Å². The van der Waals surface area contributed by atoms with Crippen molar-refractivity contribution in [3.05, 3.63) is 42.0 Å². The number of hydrogen-bond acceptors (Lipinski definition) is 3. The van der Waals surface area contributed by atoms with Gasteiger partial charge in [-0.2, -0.15) is 5.10 Å². The van der Waals surface area contributed by atoms with Gasteiger partial charge in [-0.3, -0.25) is 14.0 Å². The minimum absolute atomic E-state index is 0.130. The summed E-state index contributed by atoms with van der Waals surface area (Å²) < 4.78 is 3.81. The second-order valence-corrected chi connectivity index (χ2v) is 6.73. The Labute approximate surface area is 147 Å². The van der Waals surface area contributed by atoms with Gasteiger partial charge in [0.25, 0.3) is 5.91 Å². The lowest BCUT2D eigenvalue weighted by Gasteiger charge is -2.20. The molecule has 0 atom stereocenters. The molecule has 0 N–H and O–H groups in total. The number of fused-ring (bicyclic) bond motifs is 1. The Hall–Kier alpha value is -2.63. The molecule has 0 saturated carbocycles. The third kappa shape index (κ3) is 2.81. The summed E-state index contributed by atoms with van der Waals surface area (Å²) in [7, 11) is 1.91. The van der Waals surface area contributed by atoms with Crippen LogP contribution in [0.1, 0.15) is 41.9 Å². The summed E-state index contributed by atoms with van der Waals surface area (Å²) in [5.74, 6) is 1.87. The van der Waals surface area contributed by atoms with Crippen LogP contribution in [0.15, 0.2) is 30.6 Å². The highest BCUT2D eigenvalue weighted by molar-refractivity contribution is 5.99. The number of carbonyl (C=O) groups excluding carboxylic acids is 1. The van der Waals surface area contributed by atoms with Gasteiger partial charge in [0.15, 0.2) is 5.82 Å². The molecule has 0 unspecified atom stereocenters. The Morgan fingerprint density at radius 2 is 1.88 bits per heavy atom. The molecule has 2 aromatic heterocycles. The van der Waals surface area contributed by atoms with Gasteiger partial charge in [0.05, 0.1) is 5.52 Å². The number of amides is 1. The lowest BCUT2D eigenvalue weighted by atomic mass is 10.1. The maximum absolute atomic E-state index is 12.9. The van der Waals surface area contributed by atoms with Crippen molar-refractivity contribution in [2.45, 2.75) is 32.6 Å². The molecule has 0 bridgehead atoms. The van der Waals surface area contributed by atoms with Gasteiger partial charge < -0.3 is 4.90 Å². The van der Waals surface area contributed by atoms with E-state index in [1.165, 1.54) is 12.8 Å². The Balaban J connectivity index is 1.72. The van der Waals surface area contributed by atoms with Gasteiger partial charge in [-0.25, -0.2) is 4.98 Å². The van der Waals surface area contributed by atoms with E-state index in [9.17, 15) is 4.79 Å². The lowest BCUT2D eigenvalue weighted by molar-refractivity contribution is 0.0762. The predicted octanol–water partition coefficient (Wildman–Crippen LogP) is 3.08. The molecule has 6 heteroatoms. The van der Waals surface area contributed by atoms with Crippen molar-refractivity contribution in [1.82, 2.24) is 24.2 Å². The number of imidazole rings is 1. The summed E-state index contributed by atoms with van der Waals surface area (Å²) in [6.45, 7) is 3.68. The molecule has 6 nitrogen and oxygen atoms in total. The fourth-order valence-corrected chi connectivity index (χ4v) is 3.61. The molecule has 25 heavy (non-hydrogen) atoms. The van der Waals surface area contributed by atoms with E-state index in [1.807, 2.05) is 52.5 Å². The molecular weight excluding hydrogens is 314 g/mol. The highest BCUT2D eigenvalue weighted by atomic mass is 16.2. The molecule has 1 amide bonds. The summed E-state index contributed by atoms with van der Waals surface area (Å²) in [4.78, 5) is 19.1. The molecule has 0 aliphatic carbocycles. The Kier molecular flexibility index (Phi) is 4.03. The van der Waals surface area contributed by atoms with Crippen LogP contribution in [0.3, 0.4) is 0 Å². The summed E-state index contributed by atoms with van der Waals surface area (Å²) in [5, 5.41) is 5.66. The van der Waals surface area contributed by atoms with E-state index in [-0.39, 0.29) is 5.91 Å². The average molecular weight is 337 g/mol. The van der Waals surface area contributed by atoms with Crippen molar-refractivity contribution in [2.24, 2.45) is 7.05 Å². The molecule has 130 valence electrons. The van der Waals surface area contributed by atoms with E-state index in [0.29, 0.717) is 0 Å². The van der Waals surface area contributed by atoms with E-state index < -0.39 is 0 Å². The molecule has 1 aliphatic rings. The quantitative estimate of drug-likeness (QED) is 0.722. The zero-order valence-electron chi connectivity index (χ0n) is 14.8. The van der Waals surface area contributed by atoms with Crippen LogP contribution in [-0.2, 0) is 7.05 Å². The number of aromatic nitrogens is 4. The molecule has 4 rings (SSSR count). The number of aryl methyl sites for hydroxylation is 2. The zero-order chi connectivity index (χ0) is 17.4. The van der Waals surface area contributed by atoms with Crippen LogP contribution in [0.25, 0.3) is 16.7 Å². The minimum Gasteiger partial charge on any atom is -0.339 e. The second kappa shape index (κ2) is 6.35. The minimum atomic E-state index is 0.130. The Morgan fingerprint density at radius 3 is 2.56 bits per heavy atom. The van der Waals surface area contributed by atoms with Gasteiger partial charge in [0.2, 0.25) is 0 Å². The summed E-state index contributed by atoms with van der Waals surface area (Å²) in [6, 6.07) is 5.89. The first-order chi connectivity index (χ1) is 12.1. The monoisotopic (exact) mass is 337 g/mol. The fraction of sp³-hybridized carbons (Fsp3) is 0.421. The van der Waals surface area contributed by atoms with E-state index in [2.05, 4.69) is 10.1 Å². The molecule has 1 aliphatic heterocycles. The van der Waals surface area contributed by atoms with Crippen molar-refractivity contribution in [2.75, 3.05) is 13.1 Å². The van der Waals surface area contributed by atoms with Gasteiger partial charge in [-0.15, -0.1) is 0 Å². The Bertz CT molecular complexity index is 915. The van der Waals surface area contributed by atoms with Gasteiger partial charge in [-0.1, -0.05) is 12.8 Å². The number of hydrogen-bond donors (Lipinski definition) is 0. The van der Waals surface area contributed by atoms with E-state index >= 15 is 0 Å². The first kappa shape index (κ1) is 15.9. The van der Waals surface area contributed by atoms with Crippen LogP contribution in [0.5, 0.6) is 0 Å². The van der Waals surface area contributed by atoms with E-state index in [0.717, 1.165) is 54.0 Å². The van der Waals surface area contributed by atoms with Crippen LogP contribution in [0.4, 0.5) is 0 Å². The summed E-state index contributed by atoms with van der Waals surface area (Å²) in [5.41, 5.74) is 1.70. The van der Waals surface area contributed by atoms with Crippen molar-refractivity contribution in [3.63, 3.8) is 0 Å². The predicted molar refractivity (Wildman–Crippen MR) is 96.9 cm³/mol. The molecule has 0 radical (unpaired) electrons. The van der Waals surface area contributed by atoms with E-state index in [1.54, 1.807) is 6.20 Å². The van der Waals surface area contributed by atoms with Crippen LogP contribution in [0, 0.1) is 6.92 Å². The molecule has 3 heterocycles. The number of carbonyl (C=O) groups is 1. The van der Waals surface area contributed by atoms with Gasteiger partial charge in [0.1, 0.15) is 5.82 Å². The topological polar surface area (TPSA) is 56.0 Å². The van der Waals surface area contributed by atoms with Crippen molar-refractivity contribution >= 4 is 16.8 Å². The summed E-state index contributed by atoms with van der Waals surface area (Å²) >= 11 is 0. The smallest absolute Gasteiger partial charge is 0.253 e.